The smallest absolute Gasteiger partial charge is 0.286 e. The molecule has 9 heteroatoms. The maximum atomic E-state index is 12.6. The van der Waals surface area contributed by atoms with Crippen LogP contribution in [-0.4, -0.2) is 20.1 Å². The molecule has 134 valence electrons. The lowest BCUT2D eigenvalue weighted by Gasteiger charge is -2.11. The monoisotopic (exact) mass is 398 g/mol. The van der Waals surface area contributed by atoms with E-state index in [-0.39, 0.29) is 10.9 Å². The van der Waals surface area contributed by atoms with Crippen molar-refractivity contribution in [1.82, 2.24) is 5.43 Å². The number of nitrogens with zero attached hydrogens (tertiary/aromatic N) is 1. The number of aryl methyl sites for hydroxylation is 1. The predicted octanol–water partition coefficient (Wildman–Crippen LogP) is 3.38. The molecule has 2 aromatic carbocycles. The molecule has 0 radical (unpaired) electrons. The summed E-state index contributed by atoms with van der Waals surface area (Å²) in [5.74, 6) is 0.443. The number of thioether (sulfide) groups is 1. The highest BCUT2D eigenvalue weighted by Gasteiger charge is 2.20. The van der Waals surface area contributed by atoms with Gasteiger partial charge in [0.05, 0.1) is 5.69 Å². The summed E-state index contributed by atoms with van der Waals surface area (Å²) in [4.78, 5) is 0.636. The molecule has 25 heavy (non-hydrogen) atoms. The second-order valence-electron chi connectivity index (χ2n) is 5.05. The highest BCUT2D eigenvalue weighted by Crippen LogP contribution is 2.32. The lowest BCUT2D eigenvalue weighted by molar-refractivity contribution is 0.595. The zero-order chi connectivity index (χ0) is 18.4. The van der Waals surface area contributed by atoms with E-state index in [0.717, 1.165) is 5.69 Å². The first kappa shape index (κ1) is 19.4. The first-order valence-corrected chi connectivity index (χ1v) is 10.2. The third-order valence-corrected chi connectivity index (χ3v) is 5.93. The summed E-state index contributed by atoms with van der Waals surface area (Å²) >= 11 is 7.48. The zero-order valence-corrected chi connectivity index (χ0v) is 16.2. The Bertz CT molecular complexity index is 871. The summed E-state index contributed by atoms with van der Waals surface area (Å²) in [6.07, 6.45) is 0. The molecule has 6 nitrogen and oxygen atoms in total. The Morgan fingerprint density at radius 2 is 1.96 bits per heavy atom. The molecule has 0 saturated carbocycles. The van der Waals surface area contributed by atoms with Crippen molar-refractivity contribution in [1.29, 1.82) is 0 Å². The molecule has 4 N–H and O–H groups in total. The van der Waals surface area contributed by atoms with E-state index in [2.05, 4.69) is 15.2 Å². The van der Waals surface area contributed by atoms with Crippen LogP contribution in [0.1, 0.15) is 12.5 Å². The van der Waals surface area contributed by atoms with Crippen LogP contribution in [0, 0.1) is 6.92 Å². The summed E-state index contributed by atoms with van der Waals surface area (Å²) in [6, 6.07) is 12.3. The Hall–Kier alpha value is -1.90. The number of nitrogens with one attached hydrogen (secondary N) is 2. The highest BCUT2D eigenvalue weighted by atomic mass is 35.5. The van der Waals surface area contributed by atoms with Gasteiger partial charge in [-0.25, -0.2) is 0 Å². The minimum absolute atomic E-state index is 0.0886. The van der Waals surface area contributed by atoms with E-state index in [4.69, 9.17) is 17.3 Å². The number of benzene rings is 2. The molecule has 0 spiro atoms. The number of anilines is 1. The van der Waals surface area contributed by atoms with Crippen LogP contribution in [0.15, 0.2) is 56.7 Å². The zero-order valence-electron chi connectivity index (χ0n) is 13.8. The van der Waals surface area contributed by atoms with Crippen molar-refractivity contribution in [3.63, 3.8) is 0 Å². The molecule has 0 heterocycles. The first-order chi connectivity index (χ1) is 11.8. The van der Waals surface area contributed by atoms with Crippen LogP contribution in [0.2, 0.25) is 5.02 Å². The molecule has 0 fully saturated rings. The third kappa shape index (κ3) is 5.29. The van der Waals surface area contributed by atoms with E-state index in [1.165, 1.54) is 17.8 Å². The lowest BCUT2D eigenvalue weighted by Crippen LogP contribution is -2.36. The van der Waals surface area contributed by atoms with E-state index in [1.807, 2.05) is 25.1 Å². The quantitative estimate of drug-likeness (QED) is 0.299. The van der Waals surface area contributed by atoms with E-state index in [0.29, 0.717) is 21.2 Å². The van der Waals surface area contributed by atoms with Gasteiger partial charge in [0.1, 0.15) is 4.90 Å². The summed E-state index contributed by atoms with van der Waals surface area (Å²) in [7, 11) is -3.98. The molecule has 0 unspecified atom stereocenters. The van der Waals surface area contributed by atoms with E-state index in [1.54, 1.807) is 25.1 Å². The molecule has 0 bridgehead atoms. The maximum absolute atomic E-state index is 12.6. The molecule has 2 rings (SSSR count). The number of para-hydroxylation sites is 1. The summed E-state index contributed by atoms with van der Waals surface area (Å²) in [5, 5.41) is 0.510. The molecule has 0 atom stereocenters. The number of guanidine groups is 1. The Morgan fingerprint density at radius 3 is 2.60 bits per heavy atom. The van der Waals surface area contributed by atoms with Gasteiger partial charge in [-0.05, 0) is 42.5 Å². The maximum Gasteiger partial charge on any atom is 0.286 e. The fourth-order valence-corrected chi connectivity index (χ4v) is 4.44. The lowest BCUT2D eigenvalue weighted by atomic mass is 10.2. The van der Waals surface area contributed by atoms with Crippen LogP contribution >= 0.6 is 23.4 Å². The Morgan fingerprint density at radius 1 is 1.28 bits per heavy atom. The second-order valence-corrected chi connectivity index (χ2v) is 8.33. The summed E-state index contributed by atoms with van der Waals surface area (Å²) < 4.78 is 28.9. The van der Waals surface area contributed by atoms with Crippen molar-refractivity contribution in [2.45, 2.75) is 23.6 Å². The van der Waals surface area contributed by atoms with E-state index < -0.39 is 10.0 Å². The summed E-state index contributed by atoms with van der Waals surface area (Å²) in [5.41, 5.74) is 12.4. The number of hydrogen-bond donors (Lipinski definition) is 3. The summed E-state index contributed by atoms with van der Waals surface area (Å²) in [6.45, 7) is 3.67. The standard InChI is InChI=1S/C16H19ClN4O2S2/c1-3-24-14-10-13(17)11(2)9-15(14)25(22,23)21-16(18)20-19-12-7-5-4-6-8-12/h4-10,19H,3H2,1-2H3,(H3,18,20,21). The van der Waals surface area contributed by atoms with Crippen LogP contribution < -0.4 is 16.6 Å². The average molecular weight is 399 g/mol. The number of sulfonamides is 1. The van der Waals surface area contributed by atoms with Crippen LogP contribution in [-0.2, 0) is 10.0 Å². The Balaban J connectivity index is 2.27. The van der Waals surface area contributed by atoms with Gasteiger partial charge in [0.15, 0.2) is 0 Å². The molecule has 0 aliphatic carbocycles. The van der Waals surface area contributed by atoms with E-state index >= 15 is 0 Å². The first-order valence-electron chi connectivity index (χ1n) is 7.44. The van der Waals surface area contributed by atoms with E-state index in [9.17, 15) is 8.42 Å². The molecule has 2 aromatic rings. The molecule has 0 aliphatic heterocycles. The number of halogens is 1. The topological polar surface area (TPSA) is 96.6 Å². The Kier molecular flexibility index (Phi) is 6.57. The van der Waals surface area contributed by atoms with Gasteiger partial charge in [0.2, 0.25) is 5.96 Å². The molecule has 0 amide bonds. The van der Waals surface area contributed by atoms with Crippen LogP contribution in [0.4, 0.5) is 5.69 Å². The van der Waals surface area contributed by atoms with Gasteiger partial charge in [-0.2, -0.15) is 8.42 Å². The molecular weight excluding hydrogens is 380 g/mol. The van der Waals surface area contributed by atoms with Crippen LogP contribution in [0.5, 0.6) is 0 Å². The SMILES string of the molecule is CCSc1cc(Cl)c(C)cc1S(=O)(=O)/N=C(\N)NNc1ccccc1. The van der Waals surface area contributed by atoms with Crippen LogP contribution in [0.3, 0.4) is 0 Å². The fourth-order valence-electron chi connectivity index (χ4n) is 1.97. The second kappa shape index (κ2) is 8.46. The minimum atomic E-state index is -3.98. The van der Waals surface area contributed by atoms with Crippen molar-refractivity contribution >= 4 is 45.0 Å². The fraction of sp³-hybridized carbons (Fsp3) is 0.188. The third-order valence-electron chi connectivity index (χ3n) is 3.13. The number of nitrogens with two attached hydrogens (primary N) is 1. The minimum Gasteiger partial charge on any atom is -0.368 e. The Labute approximate surface area is 156 Å². The largest absolute Gasteiger partial charge is 0.368 e. The number of hydrazine groups is 1. The highest BCUT2D eigenvalue weighted by molar-refractivity contribution is 8.00. The number of rotatable bonds is 6. The average Bonchev–Trinajstić information content (AvgIpc) is 2.57. The predicted molar refractivity (Wildman–Crippen MR) is 105 cm³/mol. The van der Waals surface area contributed by atoms with Gasteiger partial charge in [-0.1, -0.05) is 36.7 Å². The van der Waals surface area contributed by atoms with Crippen LogP contribution in [0.25, 0.3) is 0 Å². The van der Waals surface area contributed by atoms with Gasteiger partial charge in [-0.15, -0.1) is 16.2 Å². The van der Waals surface area contributed by atoms with Gasteiger partial charge in [0, 0.05) is 9.92 Å². The normalized spacial score (nSPS) is 12.0. The van der Waals surface area contributed by atoms with Crippen molar-refractivity contribution in [2.75, 3.05) is 11.2 Å². The van der Waals surface area contributed by atoms with Crippen molar-refractivity contribution in [3.05, 3.63) is 53.1 Å². The van der Waals surface area contributed by atoms with Crippen molar-refractivity contribution in [2.24, 2.45) is 10.1 Å². The van der Waals surface area contributed by atoms with Gasteiger partial charge in [0.25, 0.3) is 10.0 Å². The molecule has 0 aliphatic rings. The van der Waals surface area contributed by atoms with Crippen molar-refractivity contribution in [3.8, 4) is 0 Å². The van der Waals surface area contributed by atoms with Gasteiger partial charge < -0.3 is 5.73 Å². The molecule has 0 aromatic heterocycles. The molecular formula is C16H19ClN4O2S2. The molecule has 0 saturated heterocycles. The van der Waals surface area contributed by atoms with Crippen molar-refractivity contribution < 1.29 is 8.42 Å². The number of hydrogen-bond acceptors (Lipinski definition) is 4. The van der Waals surface area contributed by atoms with Gasteiger partial charge >= 0.3 is 0 Å². The van der Waals surface area contributed by atoms with Gasteiger partial charge in [-0.3, -0.25) is 10.9 Å².